The molecule has 0 unspecified atom stereocenters. The van der Waals surface area contributed by atoms with Crippen LogP contribution in [0.15, 0.2) is 60.7 Å². The summed E-state index contributed by atoms with van der Waals surface area (Å²) >= 11 is 0. The molecule has 0 saturated carbocycles. The second-order valence-corrected chi connectivity index (χ2v) is 7.34. The van der Waals surface area contributed by atoms with Crippen LogP contribution in [0.1, 0.15) is 36.6 Å². The fourth-order valence-corrected chi connectivity index (χ4v) is 3.96. The van der Waals surface area contributed by atoms with Crippen molar-refractivity contribution in [3.8, 4) is 23.0 Å². The van der Waals surface area contributed by atoms with Gasteiger partial charge < -0.3 is 25.0 Å². The third-order valence-corrected chi connectivity index (χ3v) is 5.44. The number of carbonyl (C=O) groups is 3. The van der Waals surface area contributed by atoms with E-state index in [1.54, 1.807) is 35.2 Å². The van der Waals surface area contributed by atoms with E-state index in [-0.39, 0.29) is 40.4 Å². The second-order valence-electron chi connectivity index (χ2n) is 7.34. The SMILES string of the molecule is O=C(O)c1ccc2c(c1)CN(c1ccccc1)c1c(O)c3c(c(O)c1O2)C(=O)C=CC3=O. The Morgan fingerprint density at radius 3 is 2.22 bits per heavy atom. The number of phenols is 2. The van der Waals surface area contributed by atoms with E-state index in [1.165, 1.54) is 18.2 Å². The van der Waals surface area contributed by atoms with Gasteiger partial charge in [-0.3, -0.25) is 9.59 Å². The molecule has 0 fully saturated rings. The average molecular weight is 429 g/mol. The summed E-state index contributed by atoms with van der Waals surface area (Å²) in [6.07, 6.45) is 2.06. The predicted molar refractivity (Wildman–Crippen MR) is 113 cm³/mol. The maximum Gasteiger partial charge on any atom is 0.335 e. The summed E-state index contributed by atoms with van der Waals surface area (Å²) in [7, 11) is 0. The van der Waals surface area contributed by atoms with Crippen molar-refractivity contribution in [2.24, 2.45) is 0 Å². The van der Waals surface area contributed by atoms with E-state index in [4.69, 9.17) is 4.74 Å². The number of aromatic hydroxyl groups is 2. The zero-order valence-corrected chi connectivity index (χ0v) is 16.4. The van der Waals surface area contributed by atoms with Gasteiger partial charge in [0, 0.05) is 11.3 Å². The first-order valence-electron chi connectivity index (χ1n) is 9.62. The molecule has 2 aliphatic rings. The number of carbonyl (C=O) groups excluding carboxylic acids is 2. The van der Waals surface area contributed by atoms with Crippen LogP contribution in [0, 0.1) is 0 Å². The molecule has 0 spiro atoms. The Bertz CT molecular complexity index is 1360. The predicted octanol–water partition coefficient (Wildman–Crippen LogP) is 4.18. The first kappa shape index (κ1) is 19.4. The second kappa shape index (κ2) is 6.98. The van der Waals surface area contributed by atoms with Crippen molar-refractivity contribution in [1.82, 2.24) is 0 Å². The van der Waals surface area contributed by atoms with E-state index in [0.717, 1.165) is 12.2 Å². The lowest BCUT2D eigenvalue weighted by atomic mass is 9.91. The number of nitrogens with zero attached hydrogens (tertiary/aromatic N) is 1. The minimum atomic E-state index is -1.12. The molecule has 0 atom stereocenters. The highest BCUT2D eigenvalue weighted by molar-refractivity contribution is 6.25. The van der Waals surface area contributed by atoms with Crippen LogP contribution in [0.25, 0.3) is 0 Å². The van der Waals surface area contributed by atoms with Crippen molar-refractivity contribution in [1.29, 1.82) is 0 Å². The van der Waals surface area contributed by atoms with Crippen molar-refractivity contribution in [3.05, 3.63) is 82.9 Å². The van der Waals surface area contributed by atoms with E-state index in [9.17, 15) is 29.7 Å². The number of benzene rings is 3. The minimum Gasteiger partial charge on any atom is -0.505 e. The number of aromatic carboxylic acids is 1. The molecule has 0 aromatic heterocycles. The Kier molecular flexibility index (Phi) is 4.23. The summed E-state index contributed by atoms with van der Waals surface area (Å²) in [5.74, 6) is -3.44. The summed E-state index contributed by atoms with van der Waals surface area (Å²) in [5, 5.41) is 31.5. The number of rotatable bonds is 2. The summed E-state index contributed by atoms with van der Waals surface area (Å²) in [6.45, 7) is 0.0667. The van der Waals surface area contributed by atoms with Gasteiger partial charge in [-0.25, -0.2) is 4.79 Å². The van der Waals surface area contributed by atoms with Crippen LogP contribution in [0.4, 0.5) is 11.4 Å². The molecule has 1 aliphatic carbocycles. The molecular formula is C24H15NO7. The molecule has 8 heteroatoms. The zero-order valence-electron chi connectivity index (χ0n) is 16.4. The molecule has 1 heterocycles. The standard InChI is InChI=1S/C24H15NO7/c26-15-7-8-16(27)19-18(15)21(28)20-23(22(19)29)32-17-9-6-12(24(30)31)10-13(17)11-25(20)14-4-2-1-3-5-14/h1-10,28-29H,11H2,(H,30,31). The number of carboxylic acid groups (broad SMARTS) is 1. The molecule has 0 amide bonds. The zero-order chi connectivity index (χ0) is 22.6. The summed E-state index contributed by atoms with van der Waals surface area (Å²) in [6, 6.07) is 13.1. The number of ketones is 2. The monoisotopic (exact) mass is 429 g/mol. The lowest BCUT2D eigenvalue weighted by molar-refractivity contribution is 0.0696. The van der Waals surface area contributed by atoms with Crippen LogP contribution >= 0.6 is 0 Å². The van der Waals surface area contributed by atoms with Gasteiger partial charge in [-0.1, -0.05) is 18.2 Å². The van der Waals surface area contributed by atoms with Gasteiger partial charge in [-0.05, 0) is 42.5 Å². The summed E-state index contributed by atoms with van der Waals surface area (Å²) in [4.78, 5) is 38.0. The molecule has 3 aromatic rings. The Labute approximate surface area is 181 Å². The van der Waals surface area contributed by atoms with Gasteiger partial charge >= 0.3 is 5.97 Å². The van der Waals surface area contributed by atoms with Gasteiger partial charge in [-0.15, -0.1) is 0 Å². The fourth-order valence-electron chi connectivity index (χ4n) is 3.96. The molecule has 1 aliphatic heterocycles. The van der Waals surface area contributed by atoms with Crippen molar-refractivity contribution < 1.29 is 34.4 Å². The van der Waals surface area contributed by atoms with Gasteiger partial charge in [0.15, 0.2) is 28.8 Å². The summed E-state index contributed by atoms with van der Waals surface area (Å²) < 4.78 is 5.92. The molecule has 3 N–H and O–H groups in total. The molecule has 3 aromatic carbocycles. The van der Waals surface area contributed by atoms with Crippen molar-refractivity contribution in [3.63, 3.8) is 0 Å². The van der Waals surface area contributed by atoms with E-state index in [1.807, 2.05) is 0 Å². The first-order chi connectivity index (χ1) is 15.4. The lowest BCUT2D eigenvalue weighted by Gasteiger charge is -2.27. The van der Waals surface area contributed by atoms with E-state index in [2.05, 4.69) is 0 Å². The molecule has 5 rings (SSSR count). The highest BCUT2D eigenvalue weighted by Crippen LogP contribution is 2.55. The molecule has 0 radical (unpaired) electrons. The fraction of sp³-hybridized carbons (Fsp3) is 0.0417. The summed E-state index contributed by atoms with van der Waals surface area (Å²) in [5.41, 5.74) is 0.441. The molecule has 32 heavy (non-hydrogen) atoms. The number of hydrogen-bond donors (Lipinski definition) is 3. The third-order valence-electron chi connectivity index (χ3n) is 5.44. The van der Waals surface area contributed by atoms with Crippen LogP contribution in [0.5, 0.6) is 23.0 Å². The highest BCUT2D eigenvalue weighted by Gasteiger charge is 2.37. The normalized spacial score (nSPS) is 14.2. The van der Waals surface area contributed by atoms with Gasteiger partial charge in [0.2, 0.25) is 0 Å². The molecule has 0 saturated heterocycles. The number of allylic oxidation sites excluding steroid dienone is 2. The average Bonchev–Trinajstić information content (AvgIpc) is 2.96. The van der Waals surface area contributed by atoms with E-state index in [0.29, 0.717) is 11.3 Å². The smallest absolute Gasteiger partial charge is 0.335 e. The van der Waals surface area contributed by atoms with Crippen molar-refractivity contribution in [2.45, 2.75) is 6.54 Å². The van der Waals surface area contributed by atoms with E-state index < -0.39 is 29.0 Å². The number of carboxylic acids is 1. The molecule has 8 nitrogen and oxygen atoms in total. The van der Waals surface area contributed by atoms with Gasteiger partial charge in [-0.2, -0.15) is 0 Å². The highest BCUT2D eigenvalue weighted by atomic mass is 16.5. The number of anilines is 2. The number of para-hydroxylation sites is 1. The Morgan fingerprint density at radius 1 is 0.906 bits per heavy atom. The molecular weight excluding hydrogens is 414 g/mol. The Morgan fingerprint density at radius 2 is 1.56 bits per heavy atom. The maximum absolute atomic E-state index is 12.5. The number of fused-ring (bicyclic) bond motifs is 3. The lowest BCUT2D eigenvalue weighted by Crippen LogP contribution is -2.19. The minimum absolute atomic E-state index is 0.00280. The Hall–Kier alpha value is -4.59. The quantitative estimate of drug-likeness (QED) is 0.519. The van der Waals surface area contributed by atoms with Gasteiger partial charge in [0.25, 0.3) is 0 Å². The van der Waals surface area contributed by atoms with Crippen molar-refractivity contribution in [2.75, 3.05) is 4.90 Å². The van der Waals surface area contributed by atoms with Gasteiger partial charge in [0.1, 0.15) is 11.4 Å². The largest absolute Gasteiger partial charge is 0.505 e. The van der Waals surface area contributed by atoms with Crippen LogP contribution in [-0.2, 0) is 6.54 Å². The number of ether oxygens (including phenoxy) is 1. The Balaban J connectivity index is 1.83. The van der Waals surface area contributed by atoms with Gasteiger partial charge in [0.05, 0.1) is 23.2 Å². The van der Waals surface area contributed by atoms with Crippen molar-refractivity contribution >= 4 is 28.9 Å². The number of hydrogen-bond acceptors (Lipinski definition) is 7. The molecule has 0 bridgehead atoms. The first-order valence-corrected chi connectivity index (χ1v) is 9.62. The van der Waals surface area contributed by atoms with Crippen LogP contribution in [0.3, 0.4) is 0 Å². The van der Waals surface area contributed by atoms with E-state index >= 15 is 0 Å². The number of phenolic OH excluding ortho intramolecular Hbond substituents is 2. The maximum atomic E-state index is 12.5. The van der Waals surface area contributed by atoms with Crippen LogP contribution in [0.2, 0.25) is 0 Å². The van der Waals surface area contributed by atoms with Crippen LogP contribution in [-0.4, -0.2) is 32.9 Å². The molecule has 158 valence electrons. The topological polar surface area (TPSA) is 124 Å². The third kappa shape index (κ3) is 2.81. The van der Waals surface area contributed by atoms with Crippen LogP contribution < -0.4 is 9.64 Å².